The summed E-state index contributed by atoms with van der Waals surface area (Å²) in [5.41, 5.74) is 1.87. The average molecular weight is 285 g/mol. The molecular weight excluding hydrogens is 268 g/mol. The van der Waals surface area contributed by atoms with Gasteiger partial charge in [-0.05, 0) is 30.0 Å². The molecule has 1 aliphatic rings. The lowest BCUT2D eigenvalue weighted by molar-refractivity contribution is -0.141. The molecule has 5 heteroatoms. The van der Waals surface area contributed by atoms with Crippen molar-refractivity contribution < 1.29 is 19.4 Å². The molecule has 1 heterocycles. The van der Waals surface area contributed by atoms with Gasteiger partial charge >= 0.3 is 5.97 Å². The third-order valence-corrected chi connectivity index (χ3v) is 3.67. The molecule has 1 aliphatic heterocycles. The fourth-order valence-electron chi connectivity index (χ4n) is 2.22. The number of benzene rings is 1. The lowest BCUT2D eigenvalue weighted by Crippen LogP contribution is -2.18. The first-order valence-corrected chi connectivity index (χ1v) is 6.75. The summed E-state index contributed by atoms with van der Waals surface area (Å²) in [6, 6.07) is 1.86. The molecule has 0 aliphatic carbocycles. The second-order valence-electron chi connectivity index (χ2n) is 4.65. The van der Waals surface area contributed by atoms with Crippen molar-refractivity contribution in [1.82, 2.24) is 0 Å². The molecule has 1 unspecified atom stereocenters. The zero-order valence-corrected chi connectivity index (χ0v) is 11.8. The second-order valence-corrected chi connectivity index (χ2v) is 5.03. The van der Waals surface area contributed by atoms with Crippen LogP contribution in [0.4, 0.5) is 0 Å². The Balaban J connectivity index is 2.42. The van der Waals surface area contributed by atoms with Gasteiger partial charge in [0, 0.05) is 0 Å². The van der Waals surface area contributed by atoms with Crippen molar-refractivity contribution >= 4 is 17.6 Å². The van der Waals surface area contributed by atoms with E-state index in [9.17, 15) is 4.79 Å². The van der Waals surface area contributed by atoms with Gasteiger partial charge in [-0.3, -0.25) is 4.79 Å². The van der Waals surface area contributed by atoms with Crippen LogP contribution < -0.4 is 9.47 Å². The van der Waals surface area contributed by atoms with Crippen LogP contribution in [0.15, 0.2) is 6.07 Å². The summed E-state index contributed by atoms with van der Waals surface area (Å²) < 4.78 is 11.1. The Labute approximate surface area is 117 Å². The Morgan fingerprint density at radius 2 is 2.16 bits per heavy atom. The van der Waals surface area contributed by atoms with Crippen LogP contribution in [0.3, 0.4) is 0 Å². The normalized spacial score (nSPS) is 15.1. The van der Waals surface area contributed by atoms with Crippen molar-refractivity contribution in [3.05, 3.63) is 22.2 Å². The number of carboxylic acid groups (broad SMARTS) is 1. The first-order chi connectivity index (χ1) is 9.04. The highest BCUT2D eigenvalue weighted by molar-refractivity contribution is 6.33. The van der Waals surface area contributed by atoms with Crippen LogP contribution in [0.2, 0.25) is 5.02 Å². The van der Waals surface area contributed by atoms with Crippen molar-refractivity contribution in [1.29, 1.82) is 0 Å². The molecular formula is C14H17ClO4. The summed E-state index contributed by atoms with van der Waals surface area (Å²) in [6.07, 6.45) is 1.17. The van der Waals surface area contributed by atoms with Gasteiger partial charge in [0.05, 0.1) is 10.9 Å². The fraction of sp³-hybridized carbons (Fsp3) is 0.500. The predicted molar refractivity (Wildman–Crippen MR) is 72.3 cm³/mol. The minimum Gasteiger partial charge on any atom is -0.486 e. The molecule has 0 amide bonds. The van der Waals surface area contributed by atoms with E-state index in [1.54, 1.807) is 6.92 Å². The van der Waals surface area contributed by atoms with Crippen LogP contribution in [0.5, 0.6) is 11.5 Å². The van der Waals surface area contributed by atoms with Gasteiger partial charge in [0.1, 0.15) is 13.2 Å². The third kappa shape index (κ3) is 2.78. The number of hydrogen-bond donors (Lipinski definition) is 1. The van der Waals surface area contributed by atoms with E-state index in [1.807, 2.05) is 13.0 Å². The van der Waals surface area contributed by atoms with Gasteiger partial charge in [0.15, 0.2) is 11.5 Å². The lowest BCUT2D eigenvalue weighted by Gasteiger charge is -2.23. The Kier molecular flexibility index (Phi) is 4.20. The van der Waals surface area contributed by atoms with Crippen LogP contribution in [-0.4, -0.2) is 24.3 Å². The Hall–Kier alpha value is -1.42. The van der Waals surface area contributed by atoms with Crippen LogP contribution in [0, 0.1) is 5.92 Å². The molecule has 2 rings (SSSR count). The Morgan fingerprint density at radius 3 is 2.79 bits per heavy atom. The highest BCUT2D eigenvalue weighted by Gasteiger charge is 2.23. The van der Waals surface area contributed by atoms with Crippen molar-refractivity contribution in [3.8, 4) is 11.5 Å². The molecule has 104 valence electrons. The van der Waals surface area contributed by atoms with E-state index in [1.165, 1.54) is 0 Å². The van der Waals surface area contributed by atoms with Crippen LogP contribution >= 0.6 is 11.6 Å². The highest BCUT2D eigenvalue weighted by atomic mass is 35.5. The number of hydrogen-bond acceptors (Lipinski definition) is 3. The monoisotopic (exact) mass is 284 g/mol. The van der Waals surface area contributed by atoms with Crippen LogP contribution in [0.25, 0.3) is 0 Å². The molecule has 0 spiro atoms. The van der Waals surface area contributed by atoms with E-state index in [0.29, 0.717) is 36.2 Å². The maximum Gasteiger partial charge on any atom is 0.306 e. The number of aliphatic carboxylic acids is 1. The second kappa shape index (κ2) is 5.70. The predicted octanol–water partition coefficient (Wildman–Crippen LogP) is 2.94. The van der Waals surface area contributed by atoms with Gasteiger partial charge in [-0.15, -0.1) is 0 Å². The van der Waals surface area contributed by atoms with Crippen molar-refractivity contribution in [2.75, 3.05) is 13.2 Å². The summed E-state index contributed by atoms with van der Waals surface area (Å²) in [7, 11) is 0. The van der Waals surface area contributed by atoms with E-state index in [-0.39, 0.29) is 0 Å². The van der Waals surface area contributed by atoms with Crippen molar-refractivity contribution in [3.63, 3.8) is 0 Å². The van der Waals surface area contributed by atoms with Crippen LogP contribution in [0.1, 0.15) is 25.0 Å². The maximum atomic E-state index is 11.0. The number of fused-ring (bicyclic) bond motifs is 1. The van der Waals surface area contributed by atoms with E-state index in [2.05, 4.69) is 0 Å². The van der Waals surface area contributed by atoms with Crippen molar-refractivity contribution in [2.24, 2.45) is 5.92 Å². The summed E-state index contributed by atoms with van der Waals surface area (Å²) in [5.74, 6) is -0.0745. The molecule has 0 fully saturated rings. The molecule has 1 atom stereocenters. The number of rotatable bonds is 4. The molecule has 1 N–H and O–H groups in total. The number of carboxylic acids is 1. The molecule has 4 nitrogen and oxygen atoms in total. The van der Waals surface area contributed by atoms with Gasteiger partial charge in [-0.1, -0.05) is 25.4 Å². The molecule has 0 saturated carbocycles. The minimum atomic E-state index is -0.812. The van der Waals surface area contributed by atoms with Gasteiger partial charge in [-0.25, -0.2) is 0 Å². The minimum absolute atomic E-state index is 0.439. The zero-order valence-electron chi connectivity index (χ0n) is 11.0. The van der Waals surface area contributed by atoms with E-state index in [0.717, 1.165) is 17.5 Å². The third-order valence-electron chi connectivity index (χ3n) is 3.27. The molecule has 1 aromatic carbocycles. The molecule has 0 saturated heterocycles. The number of carbonyl (C=O) groups is 1. The molecule has 0 bridgehead atoms. The van der Waals surface area contributed by atoms with Crippen LogP contribution in [-0.2, 0) is 17.6 Å². The molecule has 19 heavy (non-hydrogen) atoms. The fourth-order valence-corrected chi connectivity index (χ4v) is 2.62. The van der Waals surface area contributed by atoms with Gasteiger partial charge in [0.2, 0.25) is 0 Å². The standard InChI is InChI=1S/C14H17ClO4/c1-3-10-9(6-8(2)14(16)17)7-11-13(12(10)15)19-5-4-18-11/h7-8H,3-6H2,1-2H3,(H,16,17). The lowest BCUT2D eigenvalue weighted by atomic mass is 9.94. The maximum absolute atomic E-state index is 11.0. The first-order valence-electron chi connectivity index (χ1n) is 6.37. The van der Waals surface area contributed by atoms with Gasteiger partial charge in [0.25, 0.3) is 0 Å². The van der Waals surface area contributed by atoms with Crippen molar-refractivity contribution in [2.45, 2.75) is 26.7 Å². The summed E-state index contributed by atoms with van der Waals surface area (Å²) in [6.45, 7) is 4.65. The molecule has 0 aromatic heterocycles. The Bertz CT molecular complexity index is 499. The van der Waals surface area contributed by atoms with E-state index in [4.69, 9.17) is 26.2 Å². The number of ether oxygens (including phenoxy) is 2. The summed E-state index contributed by atoms with van der Waals surface area (Å²) in [5, 5.41) is 9.57. The highest BCUT2D eigenvalue weighted by Crippen LogP contribution is 2.42. The van der Waals surface area contributed by atoms with E-state index < -0.39 is 11.9 Å². The average Bonchev–Trinajstić information content (AvgIpc) is 2.39. The largest absolute Gasteiger partial charge is 0.486 e. The summed E-state index contributed by atoms with van der Waals surface area (Å²) >= 11 is 6.34. The Morgan fingerprint density at radius 1 is 1.47 bits per heavy atom. The first kappa shape index (κ1) is 14.0. The molecule has 0 radical (unpaired) electrons. The van der Waals surface area contributed by atoms with Gasteiger partial charge in [-0.2, -0.15) is 0 Å². The summed E-state index contributed by atoms with van der Waals surface area (Å²) in [4.78, 5) is 11.0. The smallest absolute Gasteiger partial charge is 0.306 e. The number of halogens is 1. The van der Waals surface area contributed by atoms with E-state index >= 15 is 0 Å². The van der Waals surface area contributed by atoms with Gasteiger partial charge < -0.3 is 14.6 Å². The quantitative estimate of drug-likeness (QED) is 0.923. The zero-order chi connectivity index (χ0) is 14.0. The topological polar surface area (TPSA) is 55.8 Å². The SMILES string of the molecule is CCc1c(CC(C)C(=O)O)cc2c(c1Cl)OCCO2. The molecule has 1 aromatic rings.